The Hall–Kier alpha value is -7.84. The Labute approximate surface area is 581 Å². The second-order valence-corrected chi connectivity index (χ2v) is 27.5. The standard InChI is InChI=1S/C73H110N12O12S/c1-45(2)56(71(95)83-60(30-35-98-5)64(89)42-52(38-53-44-81-58-24-10-9-22-55(53)58)69(93)82-59(25-13-16-33-76)63(88)40-50(72(96)97)20-11-14-31-74)43-66(91)67(46(3)4)85-70(94)51(36-48-26-28-54(86)29-27-48)41-65(90)61(37-47-18-7-6-8-19-47)84-68(92)49(21-17-34-80-73(78)79)39-62(87)57(77)23-12-15-32-75/h6-10,18-19,22,24,26-29,44-46,49-52,56-57,59-61,67,81,86H,11-17,20-21,23,25,30-43,74-77H2,1-5H3,(H,82,93)(H,83,95)(H,84,92)(H,85,94)(H,96,97)(H4,78,79,80)/t49-,50-,51-,52-,56+,57+,59+,60+,61+,67+/m1/s1. The van der Waals surface area contributed by atoms with Crippen molar-refractivity contribution >= 4 is 87.1 Å². The first-order chi connectivity index (χ1) is 46.8. The molecule has 1 heterocycles. The number of benzene rings is 3. The van der Waals surface area contributed by atoms with Crippen molar-refractivity contribution in [2.24, 2.45) is 80.8 Å². The predicted octanol–water partition coefficient (Wildman–Crippen LogP) is 5.64. The zero-order valence-corrected chi connectivity index (χ0v) is 58.8. The molecule has 4 aromatic rings. The number of fused-ring (bicyclic) bond motifs is 1. The highest BCUT2D eigenvalue weighted by Gasteiger charge is 2.38. The molecule has 0 aliphatic rings. The topological polar surface area (TPSA) is 444 Å². The van der Waals surface area contributed by atoms with Crippen molar-refractivity contribution in [2.45, 2.75) is 186 Å². The van der Waals surface area contributed by atoms with E-state index >= 15 is 0 Å². The number of carboxylic acids is 1. The third kappa shape index (κ3) is 28.9. The number of aromatic nitrogens is 1. The van der Waals surface area contributed by atoms with E-state index in [4.69, 9.17) is 34.4 Å². The van der Waals surface area contributed by atoms with Crippen LogP contribution in [0.25, 0.3) is 10.9 Å². The number of aliphatic carboxylic acids is 1. The van der Waals surface area contributed by atoms with Gasteiger partial charge >= 0.3 is 5.97 Å². The molecule has 0 bridgehead atoms. The van der Waals surface area contributed by atoms with Gasteiger partial charge in [-0.05, 0) is 162 Å². The molecule has 19 N–H and O–H groups in total. The molecule has 24 nitrogen and oxygen atoms in total. The number of phenolic OH excluding ortho intramolecular Hbond substituents is 1. The van der Waals surface area contributed by atoms with Gasteiger partial charge in [0.15, 0.2) is 29.1 Å². The lowest BCUT2D eigenvalue weighted by atomic mass is 9.84. The normalized spacial score (nSPS) is 14.6. The molecule has 0 radical (unpaired) electrons. The molecular weight excluding hydrogens is 1270 g/mol. The maximum Gasteiger partial charge on any atom is 0.306 e. The smallest absolute Gasteiger partial charge is 0.306 e. The Kier molecular flexibility index (Phi) is 37.3. The summed E-state index contributed by atoms with van der Waals surface area (Å²) < 4.78 is 0. The number of guanidine groups is 1. The molecule has 0 aliphatic carbocycles. The minimum Gasteiger partial charge on any atom is -0.508 e. The van der Waals surface area contributed by atoms with Crippen molar-refractivity contribution in [2.75, 3.05) is 38.2 Å². The van der Waals surface area contributed by atoms with E-state index in [0.29, 0.717) is 87.9 Å². The number of amides is 4. The number of nitrogens with one attached hydrogen (secondary N) is 5. The van der Waals surface area contributed by atoms with Crippen molar-refractivity contribution in [1.29, 1.82) is 0 Å². The average molecular weight is 1380 g/mol. The first-order valence-electron chi connectivity index (χ1n) is 34.7. The van der Waals surface area contributed by atoms with Gasteiger partial charge in [-0.25, -0.2) is 0 Å². The number of carbonyl (C=O) groups excluding carboxylic acids is 9. The van der Waals surface area contributed by atoms with Gasteiger partial charge in [-0.1, -0.05) is 101 Å². The highest BCUT2D eigenvalue weighted by atomic mass is 32.2. The molecule has 0 saturated carbocycles. The Balaban J connectivity index is 1.64. The lowest BCUT2D eigenvalue weighted by molar-refractivity contribution is -0.144. The molecule has 0 saturated heterocycles. The maximum absolute atomic E-state index is 15.0. The molecule has 0 unspecified atom stereocenters. The monoisotopic (exact) mass is 1380 g/mol. The van der Waals surface area contributed by atoms with E-state index in [0.717, 1.165) is 16.5 Å². The van der Waals surface area contributed by atoms with E-state index in [1.807, 2.05) is 30.5 Å². The number of hydrogen-bond donors (Lipinski definition) is 13. The molecule has 10 atom stereocenters. The van der Waals surface area contributed by atoms with Crippen LogP contribution in [0.1, 0.15) is 154 Å². The number of aromatic amines is 1. The number of ketones is 5. The fourth-order valence-corrected chi connectivity index (χ4v) is 12.6. The van der Waals surface area contributed by atoms with Gasteiger partial charge in [-0.2, -0.15) is 11.8 Å². The zero-order chi connectivity index (χ0) is 72.3. The SMILES string of the molecule is CSCC[C@H](NC(=O)[C@@H](CC(=O)[C@@H](NC(=O)[C@@H](CC(=O)[C@H](Cc1ccccc1)NC(=O)[C@H](CCCN=C(N)N)CC(=O)[C@@H](N)CCCCN)Cc1ccc(O)cc1)C(C)C)C(C)C)C(=O)C[C@@H](Cc1c[nH]c2ccccc12)C(=O)N[C@@H](CCCCN)C(=O)C[C@@H](CCCCN)C(=O)O. The van der Waals surface area contributed by atoms with E-state index < -0.39 is 131 Å². The predicted molar refractivity (Wildman–Crippen MR) is 384 cm³/mol. The van der Waals surface area contributed by atoms with Crippen LogP contribution < -0.4 is 55.7 Å². The van der Waals surface area contributed by atoms with Crippen molar-refractivity contribution in [1.82, 2.24) is 26.3 Å². The number of nitrogens with two attached hydrogens (primary N) is 6. The number of hydrogen-bond acceptors (Lipinski definition) is 17. The quantitative estimate of drug-likeness (QED) is 0.0145. The highest BCUT2D eigenvalue weighted by molar-refractivity contribution is 7.98. The summed E-state index contributed by atoms with van der Waals surface area (Å²) in [6, 6.07) is 17.1. The van der Waals surface area contributed by atoms with Gasteiger partial charge in [0.1, 0.15) is 11.5 Å². The van der Waals surface area contributed by atoms with Gasteiger partial charge in [-0.3, -0.25) is 52.9 Å². The third-order valence-corrected chi connectivity index (χ3v) is 18.7. The summed E-state index contributed by atoms with van der Waals surface area (Å²) in [6.45, 7) is 8.31. The lowest BCUT2D eigenvalue weighted by Crippen LogP contribution is -2.51. The number of carbonyl (C=O) groups is 10. The molecule has 4 amide bonds. The van der Waals surface area contributed by atoms with Crippen molar-refractivity contribution < 1.29 is 58.2 Å². The summed E-state index contributed by atoms with van der Waals surface area (Å²) in [5.41, 5.74) is 37.4. The minimum absolute atomic E-state index is 0.0237. The lowest BCUT2D eigenvalue weighted by Gasteiger charge is -2.29. The van der Waals surface area contributed by atoms with Gasteiger partial charge < -0.3 is 70.9 Å². The largest absolute Gasteiger partial charge is 0.508 e. The number of unbranched alkanes of at least 4 members (excludes halogenated alkanes) is 3. The van der Waals surface area contributed by atoms with Crippen LogP contribution in [0.2, 0.25) is 0 Å². The Bertz CT molecular complexity index is 3210. The number of H-pyrrole nitrogens is 1. The number of carboxylic acid groups (broad SMARTS) is 1. The van der Waals surface area contributed by atoms with Crippen molar-refractivity contribution in [3.05, 3.63) is 102 Å². The second-order valence-electron chi connectivity index (χ2n) is 26.6. The molecule has 1 aromatic heterocycles. The molecular formula is C73H110N12O12S. The number of phenols is 1. The molecule has 0 fully saturated rings. The van der Waals surface area contributed by atoms with Crippen molar-refractivity contribution in [3.63, 3.8) is 0 Å². The summed E-state index contributed by atoms with van der Waals surface area (Å²) in [7, 11) is 0. The van der Waals surface area contributed by atoms with Gasteiger partial charge in [0.2, 0.25) is 23.6 Å². The number of aliphatic imine (C=N–C) groups is 1. The fourth-order valence-electron chi connectivity index (χ4n) is 12.1. The first kappa shape index (κ1) is 82.6. The van der Waals surface area contributed by atoms with Gasteiger partial charge in [0.25, 0.3) is 0 Å². The van der Waals surface area contributed by atoms with E-state index in [1.165, 1.54) is 23.9 Å². The number of Topliss-reactive ketones (excluding diaryl/α,β-unsaturated/α-hetero) is 5. The number of rotatable bonds is 51. The minimum atomic E-state index is -1.20. The number of thioether (sulfide) groups is 1. The fraction of sp³-hybridized carbons (Fsp3) is 0.575. The highest BCUT2D eigenvalue weighted by Crippen LogP contribution is 2.28. The summed E-state index contributed by atoms with van der Waals surface area (Å²) >= 11 is 1.44. The first-order valence-corrected chi connectivity index (χ1v) is 36.0. The molecule has 25 heteroatoms. The Morgan fingerprint density at radius 3 is 1.62 bits per heavy atom. The van der Waals surface area contributed by atoms with Gasteiger partial charge in [-0.15, -0.1) is 0 Å². The van der Waals surface area contributed by atoms with Crippen LogP contribution in [-0.2, 0) is 67.2 Å². The van der Waals surface area contributed by atoms with E-state index in [-0.39, 0.29) is 94.7 Å². The van der Waals surface area contributed by atoms with Crippen LogP contribution in [0.4, 0.5) is 0 Å². The molecule has 3 aromatic carbocycles. The second kappa shape index (κ2) is 44.2. The number of nitrogens with zero attached hydrogens (tertiary/aromatic N) is 1. The van der Waals surface area contributed by atoms with Crippen LogP contribution in [-0.4, -0.2) is 148 Å². The Morgan fingerprint density at radius 2 is 1.02 bits per heavy atom. The Morgan fingerprint density at radius 1 is 0.510 bits per heavy atom. The molecule has 540 valence electrons. The molecule has 0 spiro atoms. The van der Waals surface area contributed by atoms with Crippen LogP contribution in [0.5, 0.6) is 5.75 Å². The average Bonchev–Trinajstić information content (AvgIpc) is 1.58. The molecule has 0 aliphatic heterocycles. The van der Waals surface area contributed by atoms with Crippen molar-refractivity contribution in [3.8, 4) is 5.75 Å². The summed E-state index contributed by atoms with van der Waals surface area (Å²) in [6.07, 6.45) is 6.82. The summed E-state index contributed by atoms with van der Waals surface area (Å²) in [4.78, 5) is 151. The van der Waals surface area contributed by atoms with Crippen LogP contribution in [0.15, 0.2) is 90.1 Å². The van der Waals surface area contributed by atoms with E-state index in [2.05, 4.69) is 31.2 Å². The van der Waals surface area contributed by atoms with Gasteiger partial charge in [0, 0.05) is 79.4 Å². The zero-order valence-electron chi connectivity index (χ0n) is 58.0. The number of aromatic hydroxyl groups is 1. The summed E-state index contributed by atoms with van der Waals surface area (Å²) in [5, 5.41) is 32.8. The van der Waals surface area contributed by atoms with Gasteiger partial charge in [0.05, 0.1) is 36.1 Å². The van der Waals surface area contributed by atoms with E-state index in [9.17, 15) is 58.2 Å². The third-order valence-electron chi connectivity index (χ3n) is 18.0. The van der Waals surface area contributed by atoms with E-state index in [1.54, 1.807) is 76.4 Å². The number of para-hydroxylation sites is 1. The van der Waals surface area contributed by atoms with Crippen LogP contribution in [0.3, 0.4) is 0 Å². The summed E-state index contributed by atoms with van der Waals surface area (Å²) in [5.74, 6) is -11.7. The molecule has 98 heavy (non-hydrogen) atoms. The van der Waals surface area contributed by atoms with Crippen LogP contribution in [0, 0.1) is 41.4 Å². The van der Waals surface area contributed by atoms with Crippen LogP contribution >= 0.6 is 11.8 Å². The molecule has 4 rings (SSSR count). The maximum atomic E-state index is 15.0.